The van der Waals surface area contributed by atoms with Gasteiger partial charge in [0.1, 0.15) is 11.5 Å². The highest BCUT2D eigenvalue weighted by atomic mass is 19.2. The molecule has 11 heteroatoms. The van der Waals surface area contributed by atoms with Crippen LogP contribution >= 0.6 is 0 Å². The number of carbonyl (C=O) groups excluding carboxylic acids is 3. The molecule has 1 aromatic heterocycles. The lowest BCUT2D eigenvalue weighted by Crippen LogP contribution is -2.37. The van der Waals surface area contributed by atoms with E-state index in [4.69, 9.17) is 0 Å². The Hall–Kier alpha value is -4.33. The van der Waals surface area contributed by atoms with Crippen molar-refractivity contribution < 1.29 is 27.6 Å². The van der Waals surface area contributed by atoms with Crippen LogP contribution in [-0.2, 0) is 9.59 Å². The Morgan fingerprint density at radius 1 is 1.11 bits per heavy atom. The van der Waals surface area contributed by atoms with Crippen molar-refractivity contribution >= 4 is 35.3 Å². The first-order valence-electron chi connectivity index (χ1n) is 11.6. The molecule has 3 rings (SSSR count). The maximum atomic E-state index is 14.1. The fourth-order valence-electron chi connectivity index (χ4n) is 4.38. The molecule has 0 saturated carbocycles. The number of nitrogens with zero attached hydrogens (tertiary/aromatic N) is 1. The Labute approximate surface area is 211 Å². The normalized spacial score (nSPS) is 13.3. The third kappa shape index (κ3) is 6.67. The van der Waals surface area contributed by atoms with E-state index < -0.39 is 40.8 Å². The maximum Gasteiger partial charge on any atom is 0.267 e. The Kier molecular flexibility index (Phi) is 9.27. The zero-order chi connectivity index (χ0) is 26.9. The van der Waals surface area contributed by atoms with Gasteiger partial charge in [0, 0.05) is 35.6 Å². The van der Waals surface area contributed by atoms with Crippen LogP contribution in [0.1, 0.15) is 48.2 Å². The van der Waals surface area contributed by atoms with Crippen LogP contribution in [0.3, 0.4) is 0 Å². The second kappa shape index (κ2) is 12.6. The van der Waals surface area contributed by atoms with E-state index in [1.165, 1.54) is 0 Å². The molecular formula is C26H26F3N5O3. The fraction of sp³-hybridized carbons (Fsp3) is 0.308. The molecule has 37 heavy (non-hydrogen) atoms. The molecule has 0 bridgehead atoms. The number of carbonyl (C=O) groups is 3. The summed E-state index contributed by atoms with van der Waals surface area (Å²) in [7, 11) is 0. The standard InChI is InChI=1S/C26H26F3N5O3/c1-15(12-30)8-17(9-16(6-7-31-13-35)18-4-2-3-5-22(18)32-14-36)33-26(37)23-10-19-20(27)11-21(28)24(29)25(19)34-23/h2-5,10-11,13-17,34H,6-9H2,1H3,(H,31,35)(H,32,36)(H,33,37). The van der Waals surface area contributed by atoms with Gasteiger partial charge in [-0.25, -0.2) is 13.2 Å². The summed E-state index contributed by atoms with van der Waals surface area (Å²) in [6.45, 7) is 2.02. The summed E-state index contributed by atoms with van der Waals surface area (Å²) in [6, 6.07) is 10.2. The number of hydrogen-bond acceptors (Lipinski definition) is 4. The zero-order valence-electron chi connectivity index (χ0n) is 20.0. The third-order valence-corrected chi connectivity index (χ3v) is 6.10. The number of anilines is 1. The predicted octanol–water partition coefficient (Wildman–Crippen LogP) is 4.11. The molecule has 194 valence electrons. The molecule has 0 aliphatic carbocycles. The summed E-state index contributed by atoms with van der Waals surface area (Å²) in [5.41, 5.74) is 0.707. The van der Waals surface area contributed by atoms with Gasteiger partial charge in [0.25, 0.3) is 5.91 Å². The van der Waals surface area contributed by atoms with Crippen LogP contribution in [0.2, 0.25) is 0 Å². The van der Waals surface area contributed by atoms with Gasteiger partial charge in [-0.1, -0.05) is 18.2 Å². The lowest BCUT2D eigenvalue weighted by Gasteiger charge is -2.27. The van der Waals surface area contributed by atoms with Crippen molar-refractivity contribution in [1.29, 1.82) is 5.26 Å². The Balaban J connectivity index is 1.91. The highest BCUT2D eigenvalue weighted by Gasteiger charge is 2.25. The SMILES string of the molecule is CC(C#N)CC(CC(CCNC=O)c1ccccc1NC=O)NC(=O)c1cc2c(F)cc(F)c(F)c2[nH]1. The molecule has 3 atom stereocenters. The minimum absolute atomic E-state index is 0.171. The summed E-state index contributed by atoms with van der Waals surface area (Å²) in [5.74, 6) is -5.07. The average molecular weight is 514 g/mol. The predicted molar refractivity (Wildman–Crippen MR) is 131 cm³/mol. The van der Waals surface area contributed by atoms with Crippen molar-refractivity contribution in [3.63, 3.8) is 0 Å². The number of fused-ring (bicyclic) bond motifs is 1. The van der Waals surface area contributed by atoms with Crippen LogP contribution in [-0.4, -0.2) is 36.3 Å². The van der Waals surface area contributed by atoms with E-state index in [-0.39, 0.29) is 23.4 Å². The smallest absolute Gasteiger partial charge is 0.267 e. The van der Waals surface area contributed by atoms with Crippen LogP contribution in [0.4, 0.5) is 18.9 Å². The Bertz CT molecular complexity index is 1320. The van der Waals surface area contributed by atoms with Gasteiger partial charge in [-0.15, -0.1) is 0 Å². The van der Waals surface area contributed by atoms with Gasteiger partial charge in [0.05, 0.1) is 11.6 Å². The number of halogens is 3. The largest absolute Gasteiger partial charge is 0.359 e. The minimum Gasteiger partial charge on any atom is -0.359 e. The second-order valence-electron chi connectivity index (χ2n) is 8.70. The molecule has 0 saturated heterocycles. The zero-order valence-corrected chi connectivity index (χ0v) is 20.0. The molecule has 3 unspecified atom stereocenters. The molecule has 0 aliphatic rings. The van der Waals surface area contributed by atoms with E-state index >= 15 is 0 Å². The first-order chi connectivity index (χ1) is 17.8. The van der Waals surface area contributed by atoms with Crippen molar-refractivity contribution in [2.75, 3.05) is 11.9 Å². The molecule has 0 spiro atoms. The summed E-state index contributed by atoms with van der Waals surface area (Å²) >= 11 is 0. The molecule has 4 N–H and O–H groups in total. The topological polar surface area (TPSA) is 127 Å². The second-order valence-corrected chi connectivity index (χ2v) is 8.70. The molecule has 3 amide bonds. The van der Waals surface area contributed by atoms with Gasteiger partial charge in [-0.2, -0.15) is 5.26 Å². The molecule has 2 aromatic carbocycles. The highest BCUT2D eigenvalue weighted by molar-refractivity contribution is 5.98. The van der Waals surface area contributed by atoms with Crippen molar-refractivity contribution in [3.05, 3.63) is 65.1 Å². The van der Waals surface area contributed by atoms with E-state index in [1.54, 1.807) is 25.1 Å². The number of rotatable bonds is 13. The lowest BCUT2D eigenvalue weighted by atomic mass is 9.85. The lowest BCUT2D eigenvalue weighted by molar-refractivity contribution is -0.109. The van der Waals surface area contributed by atoms with E-state index in [0.717, 1.165) is 11.6 Å². The quantitative estimate of drug-likeness (QED) is 0.156. The summed E-state index contributed by atoms with van der Waals surface area (Å²) in [4.78, 5) is 37.4. The molecule has 0 fully saturated rings. The molecule has 0 radical (unpaired) electrons. The summed E-state index contributed by atoms with van der Waals surface area (Å²) < 4.78 is 41.9. The first-order valence-corrected chi connectivity index (χ1v) is 11.6. The Morgan fingerprint density at radius 3 is 2.57 bits per heavy atom. The van der Waals surface area contributed by atoms with E-state index in [1.807, 2.05) is 6.07 Å². The molecular weight excluding hydrogens is 487 g/mol. The van der Waals surface area contributed by atoms with Crippen LogP contribution in [0.25, 0.3) is 10.9 Å². The third-order valence-electron chi connectivity index (χ3n) is 6.10. The number of nitriles is 1. The van der Waals surface area contributed by atoms with Gasteiger partial charge >= 0.3 is 0 Å². The number of amides is 3. The van der Waals surface area contributed by atoms with Crippen molar-refractivity contribution in [1.82, 2.24) is 15.6 Å². The average Bonchev–Trinajstić information content (AvgIpc) is 3.34. The van der Waals surface area contributed by atoms with Crippen molar-refractivity contribution in [2.24, 2.45) is 5.92 Å². The van der Waals surface area contributed by atoms with Gasteiger partial charge in [0.2, 0.25) is 12.8 Å². The molecule has 3 aromatic rings. The summed E-state index contributed by atoms with van der Waals surface area (Å²) in [5, 5.41) is 17.2. The van der Waals surface area contributed by atoms with Gasteiger partial charge in [0.15, 0.2) is 11.6 Å². The van der Waals surface area contributed by atoms with Crippen LogP contribution in [0, 0.1) is 34.7 Å². The van der Waals surface area contributed by atoms with E-state index in [9.17, 15) is 32.8 Å². The maximum absolute atomic E-state index is 14.1. The number of para-hydroxylation sites is 1. The van der Waals surface area contributed by atoms with E-state index in [2.05, 4.69) is 27.0 Å². The Morgan fingerprint density at radius 2 is 1.86 bits per heavy atom. The number of hydrogen-bond donors (Lipinski definition) is 4. The van der Waals surface area contributed by atoms with Crippen LogP contribution < -0.4 is 16.0 Å². The van der Waals surface area contributed by atoms with Gasteiger partial charge in [-0.05, 0) is 49.8 Å². The highest BCUT2D eigenvalue weighted by Crippen LogP contribution is 2.32. The molecule has 0 aliphatic heterocycles. The van der Waals surface area contributed by atoms with Crippen LogP contribution in [0.15, 0.2) is 36.4 Å². The number of nitrogens with one attached hydrogen (secondary N) is 4. The van der Waals surface area contributed by atoms with Crippen LogP contribution in [0.5, 0.6) is 0 Å². The van der Waals surface area contributed by atoms with E-state index in [0.29, 0.717) is 44.0 Å². The molecule has 1 heterocycles. The first kappa shape index (κ1) is 27.3. The number of aromatic nitrogens is 1. The number of H-pyrrole nitrogens is 1. The number of benzene rings is 2. The van der Waals surface area contributed by atoms with Gasteiger partial charge in [-0.3, -0.25) is 14.4 Å². The van der Waals surface area contributed by atoms with Crippen molar-refractivity contribution in [2.45, 2.75) is 38.1 Å². The number of aromatic amines is 1. The minimum atomic E-state index is -1.38. The molecule has 8 nitrogen and oxygen atoms in total. The van der Waals surface area contributed by atoms with Crippen molar-refractivity contribution in [3.8, 4) is 6.07 Å². The van der Waals surface area contributed by atoms with Gasteiger partial charge < -0.3 is 20.9 Å². The monoisotopic (exact) mass is 513 g/mol. The summed E-state index contributed by atoms with van der Waals surface area (Å²) in [6.07, 6.45) is 2.17. The fourth-order valence-corrected chi connectivity index (χ4v) is 4.38.